The summed E-state index contributed by atoms with van der Waals surface area (Å²) in [5.74, 6) is -5.39. The Morgan fingerprint density at radius 3 is 2.47 bits per heavy atom. The first kappa shape index (κ1) is 46.2. The zero-order valence-electron chi connectivity index (χ0n) is 36.2. The molecule has 328 valence electrons. The molecule has 4 heterocycles. The van der Waals surface area contributed by atoms with Gasteiger partial charge in [-0.3, -0.25) is 14.4 Å². The monoisotopic (exact) mass is 829 g/mol. The first-order valence-corrected chi connectivity index (χ1v) is 20.5. The highest BCUT2D eigenvalue weighted by atomic mass is 16.7. The summed E-state index contributed by atoms with van der Waals surface area (Å²) in [5.41, 5.74) is 4.92. The summed E-state index contributed by atoms with van der Waals surface area (Å²) in [7, 11) is 3.72. The molecule has 59 heavy (non-hydrogen) atoms. The number of aliphatic hydroxyl groups excluding tert-OH is 1. The molecule has 0 unspecified atom stereocenters. The number of rotatable bonds is 7. The van der Waals surface area contributed by atoms with Gasteiger partial charge in [-0.2, -0.15) is 4.98 Å². The number of benzene rings is 1. The number of aliphatic hydroxyl groups is 2. The van der Waals surface area contributed by atoms with Crippen LogP contribution in [0.1, 0.15) is 87.1 Å². The molecule has 0 spiro atoms. The van der Waals surface area contributed by atoms with Crippen molar-refractivity contribution in [1.82, 2.24) is 9.88 Å². The standard InChI is InChI=1S/C42H63N5O12/c1-12-32-42(9,52)37-23(4)33(44-26(7)48)21(2)17-41(8,54-20-28(19-53-37)46-55-18-27-13-14-29-31(16-27)57-40(43)45-29)36(24(5)34(49)25(6)38(51)58-32)59-39-35(50)30(47(10)11)15-22(3)56-39/h13-14,16,21-25,30,32,35-37,39,50,52H,12,15,17-20H2,1-11H3,(H2,43,45)/b44-33?,46-28+/t21-,22-,23+,24+,25-,30+,32-,35-,36-,37+,39+,41-,42-/m1/s1. The number of oxime groups is 1. The number of anilines is 1. The molecule has 1 aromatic heterocycles. The van der Waals surface area contributed by atoms with E-state index in [-0.39, 0.29) is 56.5 Å². The van der Waals surface area contributed by atoms with Crippen molar-refractivity contribution < 1.29 is 57.5 Å². The minimum Gasteiger partial charge on any atom is -0.459 e. The maximum absolute atomic E-state index is 14.5. The Labute approximate surface area is 345 Å². The van der Waals surface area contributed by atoms with Gasteiger partial charge in [0.1, 0.15) is 41.6 Å². The van der Waals surface area contributed by atoms with Crippen LogP contribution in [0.15, 0.2) is 32.8 Å². The fourth-order valence-electron chi connectivity index (χ4n) is 8.88. The Morgan fingerprint density at radius 2 is 1.81 bits per heavy atom. The number of aromatic nitrogens is 1. The van der Waals surface area contributed by atoms with E-state index in [1.54, 1.807) is 45.9 Å². The minimum atomic E-state index is -1.86. The largest absolute Gasteiger partial charge is 0.459 e. The van der Waals surface area contributed by atoms with Crippen molar-refractivity contribution in [3.05, 3.63) is 23.8 Å². The lowest BCUT2D eigenvalue weighted by Crippen LogP contribution is -2.60. The number of hydrogen-bond acceptors (Lipinski definition) is 16. The molecule has 0 aliphatic carbocycles. The molecule has 3 saturated heterocycles. The highest BCUT2D eigenvalue weighted by Gasteiger charge is 2.53. The number of aliphatic imine (C=N–C) groups is 1. The van der Waals surface area contributed by atoms with Crippen LogP contribution in [-0.4, -0.2) is 131 Å². The second kappa shape index (κ2) is 18.8. The van der Waals surface area contributed by atoms with E-state index in [1.165, 1.54) is 20.8 Å². The van der Waals surface area contributed by atoms with Gasteiger partial charge in [0.2, 0.25) is 5.91 Å². The van der Waals surface area contributed by atoms with Crippen molar-refractivity contribution in [3.8, 4) is 0 Å². The first-order valence-electron chi connectivity index (χ1n) is 20.5. The van der Waals surface area contributed by atoms with Crippen molar-refractivity contribution in [2.24, 2.45) is 33.8 Å². The zero-order valence-corrected chi connectivity index (χ0v) is 36.2. The predicted octanol–water partition coefficient (Wildman–Crippen LogP) is 3.85. The summed E-state index contributed by atoms with van der Waals surface area (Å²) in [6.07, 6.45) is -5.20. The summed E-state index contributed by atoms with van der Waals surface area (Å²) in [4.78, 5) is 57.6. The van der Waals surface area contributed by atoms with Crippen LogP contribution in [0.4, 0.5) is 6.01 Å². The molecule has 13 atom stereocenters. The van der Waals surface area contributed by atoms with Crippen molar-refractivity contribution in [1.29, 1.82) is 0 Å². The Bertz CT molecular complexity index is 1880. The molecule has 1 aromatic carbocycles. The molecular formula is C42H63N5O12. The molecule has 4 N–H and O–H groups in total. The number of carbonyl (C=O) groups is 3. The van der Waals surface area contributed by atoms with Crippen molar-refractivity contribution in [3.63, 3.8) is 0 Å². The Kier molecular flexibility index (Phi) is 14.8. The number of ketones is 1. The lowest BCUT2D eigenvalue weighted by Gasteiger charge is -2.47. The van der Waals surface area contributed by atoms with Crippen LogP contribution in [0.3, 0.4) is 0 Å². The normalized spacial score (nSPS) is 38.2. The Balaban J connectivity index is 1.66. The van der Waals surface area contributed by atoms with Gasteiger partial charge < -0.3 is 53.8 Å². The number of Topliss-reactive ketones (excluding diaryl/α,β-unsaturated/α-hetero) is 1. The van der Waals surface area contributed by atoms with Crippen molar-refractivity contribution >= 4 is 46.2 Å². The van der Waals surface area contributed by atoms with Gasteiger partial charge in [-0.1, -0.05) is 38.9 Å². The maximum atomic E-state index is 14.5. The number of carbonyl (C=O) groups excluding carboxylic acids is 3. The van der Waals surface area contributed by atoms with E-state index >= 15 is 0 Å². The van der Waals surface area contributed by atoms with Crippen molar-refractivity contribution in [2.75, 3.05) is 33.0 Å². The number of ether oxygens (including phenoxy) is 5. The van der Waals surface area contributed by atoms with Crippen LogP contribution in [0, 0.1) is 23.7 Å². The number of likely N-dealkylation sites (N-methyl/N-ethyl adjacent to an activating group) is 1. The van der Waals surface area contributed by atoms with E-state index < -0.39 is 83.2 Å². The number of fused-ring (bicyclic) bond motifs is 6. The van der Waals surface area contributed by atoms with Gasteiger partial charge in [-0.15, -0.1) is 0 Å². The van der Waals surface area contributed by atoms with Gasteiger partial charge >= 0.3 is 5.97 Å². The Hall–Kier alpha value is -3.84. The van der Waals surface area contributed by atoms with Crippen molar-refractivity contribution in [2.45, 2.75) is 142 Å². The number of esters is 1. The zero-order chi connectivity index (χ0) is 43.6. The van der Waals surface area contributed by atoms with E-state index in [0.717, 1.165) is 0 Å². The molecular weight excluding hydrogens is 766 g/mol. The number of cyclic esters (lactones) is 1. The number of amides is 1. The topological polar surface area (TPSA) is 227 Å². The van der Waals surface area contributed by atoms with Gasteiger partial charge in [0.05, 0.1) is 37.1 Å². The first-order chi connectivity index (χ1) is 27.7. The summed E-state index contributed by atoms with van der Waals surface area (Å²) in [6, 6.07) is 5.01. The van der Waals surface area contributed by atoms with E-state index in [1.807, 2.05) is 32.8 Å². The van der Waals surface area contributed by atoms with Gasteiger partial charge in [-0.05, 0) is 84.7 Å². The molecule has 17 heteroatoms. The van der Waals surface area contributed by atoms with Crippen LogP contribution in [0.5, 0.6) is 0 Å². The highest BCUT2D eigenvalue weighted by Crippen LogP contribution is 2.40. The molecule has 2 aromatic rings. The number of nitrogens with two attached hydrogens (primary N) is 1. The van der Waals surface area contributed by atoms with Gasteiger partial charge in [0, 0.05) is 30.5 Å². The van der Waals surface area contributed by atoms with Crippen LogP contribution in [0.25, 0.3) is 11.1 Å². The van der Waals surface area contributed by atoms with E-state index in [2.05, 4.69) is 15.1 Å². The maximum Gasteiger partial charge on any atom is 0.316 e. The molecule has 3 fully saturated rings. The van der Waals surface area contributed by atoms with E-state index in [0.29, 0.717) is 28.8 Å². The molecule has 0 saturated carbocycles. The fourth-order valence-corrected chi connectivity index (χ4v) is 8.88. The third-order valence-corrected chi connectivity index (χ3v) is 12.0. The van der Waals surface area contributed by atoms with Gasteiger partial charge in [0.15, 0.2) is 17.7 Å². The molecule has 0 radical (unpaired) electrons. The molecule has 3 aliphatic rings. The molecule has 1 amide bonds. The fraction of sp³-hybridized carbons (Fsp3) is 0.714. The second-order valence-electron chi connectivity index (χ2n) is 17.2. The SMILES string of the molecule is CC[C@H]1OC(=O)[C@H](C)C(=O)[C@H](C)[C@@H](O[C@@H]2O[C@H](C)C[C@H](N(C)C)[C@H]2O)[C@@]2(C)C[C@@H](C)C(=NC(C)=O)[C@H](C)[C@H](OC/C(=N\OCc3ccc4nc(N)oc4c3)CO2)[C@]1(C)O. The van der Waals surface area contributed by atoms with Crippen LogP contribution < -0.4 is 5.73 Å². The predicted molar refractivity (Wildman–Crippen MR) is 217 cm³/mol. The second-order valence-corrected chi connectivity index (χ2v) is 17.2. The number of oxazole rings is 1. The lowest BCUT2D eigenvalue weighted by molar-refractivity contribution is -0.296. The molecule has 2 bridgehead atoms. The Morgan fingerprint density at radius 1 is 1.10 bits per heavy atom. The summed E-state index contributed by atoms with van der Waals surface area (Å²) < 4.78 is 37.9. The average molecular weight is 830 g/mol. The smallest absolute Gasteiger partial charge is 0.316 e. The number of nitrogens with zero attached hydrogens (tertiary/aromatic N) is 4. The number of nitrogen functional groups attached to an aromatic ring is 1. The number of hydrogen-bond donors (Lipinski definition) is 3. The molecule has 17 nitrogen and oxygen atoms in total. The lowest BCUT2D eigenvalue weighted by atomic mass is 9.73. The minimum absolute atomic E-state index is 0.0203. The molecule has 3 aliphatic heterocycles. The van der Waals surface area contributed by atoms with Crippen LogP contribution in [0.2, 0.25) is 0 Å². The third kappa shape index (κ3) is 10.4. The van der Waals surface area contributed by atoms with E-state index in [4.69, 9.17) is 38.7 Å². The summed E-state index contributed by atoms with van der Waals surface area (Å²) >= 11 is 0. The quantitative estimate of drug-likeness (QED) is 0.205. The van der Waals surface area contributed by atoms with Crippen LogP contribution in [-0.2, 0) is 49.5 Å². The third-order valence-electron chi connectivity index (χ3n) is 12.0. The summed E-state index contributed by atoms with van der Waals surface area (Å²) in [5, 5.41) is 28.5. The van der Waals surface area contributed by atoms with Crippen LogP contribution >= 0.6 is 0 Å². The van der Waals surface area contributed by atoms with Gasteiger partial charge in [0.25, 0.3) is 6.01 Å². The average Bonchev–Trinajstić information content (AvgIpc) is 3.54. The van der Waals surface area contributed by atoms with E-state index in [9.17, 15) is 24.6 Å². The molecule has 5 rings (SSSR count). The summed E-state index contributed by atoms with van der Waals surface area (Å²) in [6.45, 7) is 14.6. The van der Waals surface area contributed by atoms with Gasteiger partial charge in [-0.25, -0.2) is 4.99 Å². The highest BCUT2D eigenvalue weighted by molar-refractivity contribution is 6.00.